The standard InChI is InChI=1S/C22H26O9/c1-11-7-13(8-12(2)21(11)29-10-17(24)25)14-5-3-4-6-15(14)30-22-20(28)19(27)18(26)16(9-23)31-22/h3-8,16,18-20,22-23,26-28H,9-10H2,1-2H3,(H,24,25). The molecule has 0 spiro atoms. The smallest absolute Gasteiger partial charge is 0.341 e. The van der Waals surface area contributed by atoms with Crippen molar-refractivity contribution < 1.29 is 44.5 Å². The fraction of sp³-hybridized carbons (Fsp3) is 0.409. The lowest BCUT2D eigenvalue weighted by Crippen LogP contribution is -2.60. The highest BCUT2D eigenvalue weighted by molar-refractivity contribution is 5.73. The van der Waals surface area contributed by atoms with Crippen LogP contribution in [-0.2, 0) is 9.53 Å². The maximum Gasteiger partial charge on any atom is 0.341 e. The van der Waals surface area contributed by atoms with Crippen molar-refractivity contribution in [3.05, 3.63) is 47.5 Å². The first kappa shape index (κ1) is 23.0. The summed E-state index contributed by atoms with van der Waals surface area (Å²) in [6.45, 7) is 2.60. The molecule has 168 valence electrons. The van der Waals surface area contributed by atoms with Crippen LogP contribution in [0.4, 0.5) is 0 Å². The molecule has 5 atom stereocenters. The molecule has 0 aliphatic carbocycles. The van der Waals surface area contributed by atoms with Gasteiger partial charge < -0.3 is 39.7 Å². The molecule has 1 heterocycles. The summed E-state index contributed by atoms with van der Waals surface area (Å²) in [7, 11) is 0. The van der Waals surface area contributed by atoms with Gasteiger partial charge in [-0.25, -0.2) is 4.79 Å². The second-order valence-electron chi connectivity index (χ2n) is 7.43. The molecule has 0 saturated carbocycles. The molecular formula is C22H26O9. The number of aliphatic carboxylic acids is 1. The molecule has 0 amide bonds. The van der Waals surface area contributed by atoms with Crippen molar-refractivity contribution in [2.24, 2.45) is 0 Å². The van der Waals surface area contributed by atoms with Gasteiger partial charge in [-0.1, -0.05) is 18.2 Å². The summed E-state index contributed by atoms with van der Waals surface area (Å²) in [6, 6.07) is 10.6. The molecule has 1 aliphatic heterocycles. The quantitative estimate of drug-likeness (QED) is 0.423. The molecule has 9 nitrogen and oxygen atoms in total. The Hall–Kier alpha value is -2.69. The number of aryl methyl sites for hydroxylation is 2. The Morgan fingerprint density at radius 1 is 1.03 bits per heavy atom. The van der Waals surface area contributed by atoms with Gasteiger partial charge >= 0.3 is 5.97 Å². The van der Waals surface area contributed by atoms with E-state index in [2.05, 4.69) is 0 Å². The van der Waals surface area contributed by atoms with E-state index in [1.807, 2.05) is 12.1 Å². The Morgan fingerprint density at radius 3 is 2.29 bits per heavy atom. The topological polar surface area (TPSA) is 146 Å². The van der Waals surface area contributed by atoms with Crippen LogP contribution in [0, 0.1) is 13.8 Å². The number of ether oxygens (including phenoxy) is 3. The van der Waals surface area contributed by atoms with E-state index in [1.54, 1.807) is 38.1 Å². The highest BCUT2D eigenvalue weighted by atomic mass is 16.7. The third-order valence-corrected chi connectivity index (χ3v) is 5.09. The van der Waals surface area contributed by atoms with E-state index >= 15 is 0 Å². The maximum atomic E-state index is 10.8. The zero-order chi connectivity index (χ0) is 22.7. The summed E-state index contributed by atoms with van der Waals surface area (Å²) in [5, 5.41) is 48.4. The molecule has 2 aromatic rings. The SMILES string of the molecule is Cc1cc(-c2ccccc2OC2OC(CO)C(O)C(O)C2O)cc(C)c1OCC(=O)O. The second-order valence-corrected chi connectivity index (χ2v) is 7.43. The number of carbonyl (C=O) groups is 1. The van der Waals surface area contributed by atoms with Crippen LogP contribution in [0.1, 0.15) is 11.1 Å². The van der Waals surface area contributed by atoms with Crippen LogP contribution in [0.3, 0.4) is 0 Å². The Morgan fingerprint density at radius 2 is 1.68 bits per heavy atom. The van der Waals surface area contributed by atoms with Gasteiger partial charge in [-0.15, -0.1) is 0 Å². The first-order chi connectivity index (χ1) is 14.7. The first-order valence-corrected chi connectivity index (χ1v) is 9.75. The average molecular weight is 434 g/mol. The van der Waals surface area contributed by atoms with Crippen molar-refractivity contribution >= 4 is 5.97 Å². The molecule has 31 heavy (non-hydrogen) atoms. The van der Waals surface area contributed by atoms with Gasteiger partial charge in [0, 0.05) is 5.56 Å². The lowest BCUT2D eigenvalue weighted by atomic mass is 9.98. The third-order valence-electron chi connectivity index (χ3n) is 5.09. The minimum atomic E-state index is -1.54. The summed E-state index contributed by atoms with van der Waals surface area (Å²) in [4.78, 5) is 10.8. The number of hydrogen-bond donors (Lipinski definition) is 5. The molecular weight excluding hydrogens is 408 g/mol. The highest BCUT2D eigenvalue weighted by Gasteiger charge is 2.44. The molecule has 0 bridgehead atoms. The number of carboxylic acid groups (broad SMARTS) is 1. The molecule has 5 unspecified atom stereocenters. The van der Waals surface area contributed by atoms with Crippen LogP contribution in [0.25, 0.3) is 11.1 Å². The van der Waals surface area contributed by atoms with E-state index in [0.717, 1.165) is 16.7 Å². The predicted molar refractivity (Wildman–Crippen MR) is 109 cm³/mol. The Bertz CT molecular complexity index is 904. The maximum absolute atomic E-state index is 10.8. The molecule has 5 N–H and O–H groups in total. The number of carboxylic acids is 1. The van der Waals surface area contributed by atoms with Crippen LogP contribution in [0.5, 0.6) is 11.5 Å². The van der Waals surface area contributed by atoms with E-state index in [4.69, 9.17) is 19.3 Å². The summed E-state index contributed by atoms with van der Waals surface area (Å²) < 4.78 is 16.6. The van der Waals surface area contributed by atoms with E-state index in [0.29, 0.717) is 17.1 Å². The lowest BCUT2D eigenvalue weighted by molar-refractivity contribution is -0.277. The zero-order valence-electron chi connectivity index (χ0n) is 17.1. The number of para-hydroxylation sites is 1. The van der Waals surface area contributed by atoms with E-state index in [-0.39, 0.29) is 0 Å². The summed E-state index contributed by atoms with van der Waals surface area (Å²) in [6.07, 6.45) is -6.93. The summed E-state index contributed by atoms with van der Waals surface area (Å²) >= 11 is 0. The average Bonchev–Trinajstić information content (AvgIpc) is 2.73. The number of aliphatic hydroxyl groups excluding tert-OH is 4. The zero-order valence-corrected chi connectivity index (χ0v) is 17.1. The highest BCUT2D eigenvalue weighted by Crippen LogP contribution is 2.36. The van der Waals surface area contributed by atoms with Crippen LogP contribution >= 0.6 is 0 Å². The monoisotopic (exact) mass is 434 g/mol. The summed E-state index contributed by atoms with van der Waals surface area (Å²) in [5.41, 5.74) is 2.89. The van der Waals surface area contributed by atoms with Crippen LogP contribution < -0.4 is 9.47 Å². The van der Waals surface area contributed by atoms with Crippen LogP contribution in [0.15, 0.2) is 36.4 Å². The van der Waals surface area contributed by atoms with E-state index in [9.17, 15) is 25.2 Å². The number of rotatable bonds is 7. The Labute approximate surface area is 179 Å². The first-order valence-electron chi connectivity index (χ1n) is 9.75. The normalized spacial score (nSPS) is 25.8. The minimum Gasteiger partial charge on any atom is -0.481 e. The van der Waals surface area contributed by atoms with Crippen LogP contribution in [0.2, 0.25) is 0 Å². The molecule has 0 aromatic heterocycles. The van der Waals surface area contributed by atoms with Crippen molar-refractivity contribution in [2.75, 3.05) is 13.2 Å². The summed E-state index contributed by atoms with van der Waals surface area (Å²) in [5.74, 6) is -0.232. The minimum absolute atomic E-state index is 0.352. The molecule has 1 aliphatic rings. The number of benzene rings is 2. The molecule has 1 fully saturated rings. The van der Waals surface area contributed by atoms with Gasteiger partial charge in [-0.05, 0) is 48.7 Å². The molecule has 1 saturated heterocycles. The number of hydrogen-bond acceptors (Lipinski definition) is 8. The molecule has 0 radical (unpaired) electrons. The molecule has 3 rings (SSSR count). The van der Waals surface area contributed by atoms with Crippen molar-refractivity contribution in [3.8, 4) is 22.6 Å². The van der Waals surface area contributed by atoms with E-state index in [1.165, 1.54) is 0 Å². The van der Waals surface area contributed by atoms with Gasteiger partial charge in [0.15, 0.2) is 6.61 Å². The van der Waals surface area contributed by atoms with Crippen molar-refractivity contribution in [2.45, 2.75) is 44.6 Å². The van der Waals surface area contributed by atoms with Gasteiger partial charge in [0.25, 0.3) is 0 Å². The third kappa shape index (κ3) is 4.97. The Balaban J connectivity index is 1.90. The molecule has 2 aromatic carbocycles. The van der Waals surface area contributed by atoms with Crippen molar-refractivity contribution in [1.29, 1.82) is 0 Å². The Kier molecular flexibility index (Phi) is 7.14. The van der Waals surface area contributed by atoms with Crippen molar-refractivity contribution in [1.82, 2.24) is 0 Å². The fourth-order valence-electron chi connectivity index (χ4n) is 3.57. The van der Waals surface area contributed by atoms with Gasteiger partial charge in [-0.2, -0.15) is 0 Å². The van der Waals surface area contributed by atoms with Gasteiger partial charge in [0.2, 0.25) is 6.29 Å². The predicted octanol–water partition coefficient (Wildman–Crippen LogP) is 0.613. The fourth-order valence-corrected chi connectivity index (χ4v) is 3.57. The largest absolute Gasteiger partial charge is 0.481 e. The van der Waals surface area contributed by atoms with Crippen molar-refractivity contribution in [3.63, 3.8) is 0 Å². The van der Waals surface area contributed by atoms with Gasteiger partial charge in [0.05, 0.1) is 6.61 Å². The second kappa shape index (κ2) is 9.63. The van der Waals surface area contributed by atoms with E-state index < -0.39 is 49.9 Å². The number of aliphatic hydroxyl groups is 4. The van der Waals surface area contributed by atoms with Crippen LogP contribution in [-0.4, -0.2) is 75.4 Å². The van der Waals surface area contributed by atoms with Gasteiger partial charge in [-0.3, -0.25) is 0 Å². The molecule has 9 heteroatoms. The lowest BCUT2D eigenvalue weighted by Gasteiger charge is -2.39. The van der Waals surface area contributed by atoms with Gasteiger partial charge in [0.1, 0.15) is 35.9 Å².